The number of methoxy groups -OCH3 is 1. The molecule has 3 atom stereocenters. The topological polar surface area (TPSA) is 34.1 Å². The standard InChI is InChI=1S/C14H22N2O/c1-10-6-7-12(9-11(10)2)16-13-5-4-8-15-14(13)17-3/h4-5,8,10-12,16H,6-7,9H2,1-3H3. The Kier molecular flexibility index (Phi) is 3.87. The highest BCUT2D eigenvalue weighted by atomic mass is 16.5. The van der Waals surface area contributed by atoms with Gasteiger partial charge < -0.3 is 10.1 Å². The Morgan fingerprint density at radius 2 is 2.12 bits per heavy atom. The minimum Gasteiger partial charge on any atom is -0.480 e. The summed E-state index contributed by atoms with van der Waals surface area (Å²) in [6.07, 6.45) is 5.54. The van der Waals surface area contributed by atoms with Gasteiger partial charge in [0.1, 0.15) is 0 Å². The van der Waals surface area contributed by atoms with Crippen LogP contribution in [-0.4, -0.2) is 18.1 Å². The molecule has 0 aromatic carbocycles. The number of ether oxygens (including phenoxy) is 1. The molecule has 17 heavy (non-hydrogen) atoms. The van der Waals surface area contributed by atoms with Crippen molar-refractivity contribution in [2.75, 3.05) is 12.4 Å². The van der Waals surface area contributed by atoms with Gasteiger partial charge in [-0.2, -0.15) is 0 Å². The van der Waals surface area contributed by atoms with Crippen molar-refractivity contribution in [3.8, 4) is 5.88 Å². The number of nitrogens with one attached hydrogen (secondary N) is 1. The van der Waals surface area contributed by atoms with Crippen LogP contribution in [0.25, 0.3) is 0 Å². The van der Waals surface area contributed by atoms with Crippen LogP contribution in [0.3, 0.4) is 0 Å². The Balaban J connectivity index is 2.01. The fourth-order valence-corrected chi connectivity index (χ4v) is 2.56. The molecular formula is C14H22N2O. The zero-order chi connectivity index (χ0) is 12.3. The molecule has 3 nitrogen and oxygen atoms in total. The van der Waals surface area contributed by atoms with Crippen LogP contribution in [0, 0.1) is 11.8 Å². The molecule has 1 saturated carbocycles. The summed E-state index contributed by atoms with van der Waals surface area (Å²) in [6, 6.07) is 4.54. The molecule has 1 aliphatic rings. The molecule has 0 radical (unpaired) electrons. The first-order chi connectivity index (χ1) is 8.20. The molecule has 3 unspecified atom stereocenters. The summed E-state index contributed by atoms with van der Waals surface area (Å²) in [6.45, 7) is 4.70. The average Bonchev–Trinajstić information content (AvgIpc) is 2.34. The van der Waals surface area contributed by atoms with Crippen molar-refractivity contribution in [3.63, 3.8) is 0 Å². The fraction of sp³-hybridized carbons (Fsp3) is 0.643. The lowest BCUT2D eigenvalue weighted by Gasteiger charge is -2.33. The Morgan fingerprint density at radius 3 is 2.82 bits per heavy atom. The number of hydrogen-bond donors (Lipinski definition) is 1. The number of hydrogen-bond acceptors (Lipinski definition) is 3. The van der Waals surface area contributed by atoms with Gasteiger partial charge in [0.05, 0.1) is 12.8 Å². The second-order valence-corrected chi connectivity index (χ2v) is 5.17. The van der Waals surface area contributed by atoms with Crippen LogP contribution in [0.15, 0.2) is 18.3 Å². The summed E-state index contributed by atoms with van der Waals surface area (Å²) in [5, 5.41) is 3.56. The van der Waals surface area contributed by atoms with Crippen molar-refractivity contribution < 1.29 is 4.74 Å². The lowest BCUT2D eigenvalue weighted by Crippen LogP contribution is -2.30. The zero-order valence-electron chi connectivity index (χ0n) is 10.9. The van der Waals surface area contributed by atoms with E-state index in [9.17, 15) is 0 Å². The average molecular weight is 234 g/mol. The van der Waals surface area contributed by atoms with Crippen LogP contribution < -0.4 is 10.1 Å². The molecular weight excluding hydrogens is 212 g/mol. The van der Waals surface area contributed by atoms with Crippen LogP contribution >= 0.6 is 0 Å². The van der Waals surface area contributed by atoms with E-state index < -0.39 is 0 Å². The highest BCUT2D eigenvalue weighted by molar-refractivity contribution is 5.52. The van der Waals surface area contributed by atoms with Crippen LogP contribution in [0.2, 0.25) is 0 Å². The molecule has 0 spiro atoms. The Bertz CT molecular complexity index is 367. The molecule has 2 rings (SSSR count). The van der Waals surface area contributed by atoms with Gasteiger partial charge in [-0.1, -0.05) is 13.8 Å². The van der Waals surface area contributed by atoms with Crippen molar-refractivity contribution in [2.45, 2.75) is 39.2 Å². The van der Waals surface area contributed by atoms with Crippen LogP contribution in [0.1, 0.15) is 33.1 Å². The third-order valence-corrected chi connectivity index (χ3v) is 3.92. The molecule has 1 fully saturated rings. The third-order valence-electron chi connectivity index (χ3n) is 3.92. The molecule has 0 amide bonds. The molecule has 0 aliphatic heterocycles. The zero-order valence-corrected chi connectivity index (χ0v) is 10.9. The summed E-state index contributed by atoms with van der Waals surface area (Å²) in [5.74, 6) is 2.34. The summed E-state index contributed by atoms with van der Waals surface area (Å²) in [7, 11) is 1.67. The van der Waals surface area contributed by atoms with Crippen molar-refractivity contribution in [3.05, 3.63) is 18.3 Å². The summed E-state index contributed by atoms with van der Waals surface area (Å²) in [4.78, 5) is 4.21. The lowest BCUT2D eigenvalue weighted by atomic mass is 9.79. The lowest BCUT2D eigenvalue weighted by molar-refractivity contribution is 0.260. The highest BCUT2D eigenvalue weighted by Gasteiger charge is 2.24. The SMILES string of the molecule is COc1ncccc1NC1CCC(C)C(C)C1. The second-order valence-electron chi connectivity index (χ2n) is 5.17. The maximum atomic E-state index is 5.26. The summed E-state index contributed by atoms with van der Waals surface area (Å²) >= 11 is 0. The van der Waals surface area contributed by atoms with Crippen molar-refractivity contribution in [1.82, 2.24) is 4.98 Å². The maximum absolute atomic E-state index is 5.26. The van der Waals surface area contributed by atoms with E-state index in [-0.39, 0.29) is 0 Å². The number of nitrogens with zero attached hydrogens (tertiary/aromatic N) is 1. The van der Waals surface area contributed by atoms with Crippen LogP contribution in [-0.2, 0) is 0 Å². The highest BCUT2D eigenvalue weighted by Crippen LogP contribution is 2.32. The second kappa shape index (κ2) is 5.39. The van der Waals surface area contributed by atoms with Gasteiger partial charge >= 0.3 is 0 Å². The molecule has 3 heteroatoms. The number of rotatable bonds is 3. The first-order valence-corrected chi connectivity index (χ1v) is 6.46. The summed E-state index contributed by atoms with van der Waals surface area (Å²) in [5.41, 5.74) is 1.02. The Labute approximate surface area is 104 Å². The van der Waals surface area contributed by atoms with Gasteiger partial charge in [-0.15, -0.1) is 0 Å². The molecule has 0 bridgehead atoms. The van der Waals surface area contributed by atoms with Crippen LogP contribution in [0.5, 0.6) is 5.88 Å². The van der Waals surface area contributed by atoms with E-state index in [0.717, 1.165) is 17.5 Å². The van der Waals surface area contributed by atoms with Crippen molar-refractivity contribution >= 4 is 5.69 Å². The quantitative estimate of drug-likeness (QED) is 0.871. The fourth-order valence-electron chi connectivity index (χ4n) is 2.56. The smallest absolute Gasteiger partial charge is 0.237 e. The van der Waals surface area contributed by atoms with E-state index in [1.54, 1.807) is 13.3 Å². The molecule has 0 saturated heterocycles. The van der Waals surface area contributed by atoms with E-state index in [2.05, 4.69) is 24.1 Å². The molecule has 1 aliphatic carbocycles. The monoisotopic (exact) mass is 234 g/mol. The van der Waals surface area contributed by atoms with E-state index in [1.165, 1.54) is 19.3 Å². The molecule has 1 N–H and O–H groups in total. The van der Waals surface area contributed by atoms with E-state index >= 15 is 0 Å². The minimum absolute atomic E-state index is 0.555. The number of pyridine rings is 1. The molecule has 1 aromatic rings. The largest absolute Gasteiger partial charge is 0.480 e. The molecule has 1 aromatic heterocycles. The van der Waals surface area contributed by atoms with Crippen molar-refractivity contribution in [1.29, 1.82) is 0 Å². The first kappa shape index (κ1) is 12.2. The normalized spacial score (nSPS) is 28.8. The van der Waals surface area contributed by atoms with Gasteiger partial charge in [0.15, 0.2) is 0 Å². The Morgan fingerprint density at radius 1 is 1.29 bits per heavy atom. The number of anilines is 1. The van der Waals surface area contributed by atoms with E-state index in [0.29, 0.717) is 11.9 Å². The van der Waals surface area contributed by atoms with Gasteiger partial charge in [0.2, 0.25) is 5.88 Å². The summed E-state index contributed by atoms with van der Waals surface area (Å²) < 4.78 is 5.26. The van der Waals surface area contributed by atoms with E-state index in [4.69, 9.17) is 4.74 Å². The van der Waals surface area contributed by atoms with Gasteiger partial charge in [0.25, 0.3) is 0 Å². The van der Waals surface area contributed by atoms with Gasteiger partial charge in [-0.05, 0) is 43.2 Å². The van der Waals surface area contributed by atoms with Crippen LogP contribution in [0.4, 0.5) is 5.69 Å². The molecule has 1 heterocycles. The predicted molar refractivity (Wildman–Crippen MR) is 70.4 cm³/mol. The number of aromatic nitrogens is 1. The van der Waals surface area contributed by atoms with E-state index in [1.807, 2.05) is 12.1 Å². The van der Waals surface area contributed by atoms with Gasteiger partial charge in [0, 0.05) is 12.2 Å². The minimum atomic E-state index is 0.555. The van der Waals surface area contributed by atoms with Gasteiger partial charge in [-0.25, -0.2) is 4.98 Å². The first-order valence-electron chi connectivity index (χ1n) is 6.46. The maximum Gasteiger partial charge on any atom is 0.237 e. The predicted octanol–water partition coefficient (Wildman–Crippen LogP) is 3.33. The van der Waals surface area contributed by atoms with Gasteiger partial charge in [-0.3, -0.25) is 0 Å². The third kappa shape index (κ3) is 2.90. The molecule has 94 valence electrons. The Hall–Kier alpha value is -1.25. The van der Waals surface area contributed by atoms with Crippen molar-refractivity contribution in [2.24, 2.45) is 11.8 Å².